The number of rotatable bonds is 2. The van der Waals surface area contributed by atoms with Crippen molar-refractivity contribution in [1.82, 2.24) is 4.68 Å². The third kappa shape index (κ3) is 3.09. The van der Waals surface area contributed by atoms with Gasteiger partial charge in [0, 0.05) is 15.7 Å². The minimum atomic E-state index is -0.512. The summed E-state index contributed by atoms with van der Waals surface area (Å²) >= 11 is 3.24. The lowest BCUT2D eigenvalue weighted by Gasteiger charge is -2.06. The van der Waals surface area contributed by atoms with E-state index in [-0.39, 0.29) is 11.1 Å². The van der Waals surface area contributed by atoms with Gasteiger partial charge in [0.1, 0.15) is 17.4 Å². The molecule has 0 unspecified atom stereocenters. The number of nitrogens with zero attached hydrogens (tertiary/aromatic N) is 3. The van der Waals surface area contributed by atoms with E-state index in [1.165, 1.54) is 12.3 Å². The Morgan fingerprint density at radius 1 is 1.38 bits per heavy atom. The molecule has 6 heteroatoms. The van der Waals surface area contributed by atoms with Gasteiger partial charge in [0.25, 0.3) is 5.56 Å². The monoisotopic (exact) mass is 347 g/mol. The summed E-state index contributed by atoms with van der Waals surface area (Å²) in [6, 6.07) is 7.98. The van der Waals surface area contributed by atoms with Gasteiger partial charge in [-0.25, -0.2) is 9.07 Å². The standard InChI is InChI=1S/C15H11BrFN3O/c1-9-5-10(2)20(15(21)13(9)7-18)19-8-11-6-12(16)3-4-14(11)17/h3-6,8H,1-2H3/b19-8-. The van der Waals surface area contributed by atoms with Crippen molar-refractivity contribution in [2.45, 2.75) is 13.8 Å². The van der Waals surface area contributed by atoms with Crippen LogP contribution in [0.5, 0.6) is 0 Å². The molecule has 2 rings (SSSR count). The molecule has 0 fully saturated rings. The van der Waals surface area contributed by atoms with Crippen LogP contribution in [-0.4, -0.2) is 10.9 Å². The van der Waals surface area contributed by atoms with E-state index in [2.05, 4.69) is 21.0 Å². The fraction of sp³-hybridized carbons (Fsp3) is 0.133. The number of hydrogen-bond donors (Lipinski definition) is 0. The van der Waals surface area contributed by atoms with Crippen molar-refractivity contribution in [2.24, 2.45) is 5.10 Å². The molecule has 0 saturated heterocycles. The Morgan fingerprint density at radius 3 is 2.76 bits per heavy atom. The van der Waals surface area contributed by atoms with Crippen LogP contribution in [0, 0.1) is 31.0 Å². The minimum Gasteiger partial charge on any atom is -0.266 e. The molecule has 2 aromatic rings. The largest absolute Gasteiger partial charge is 0.289 e. The van der Waals surface area contributed by atoms with Crippen molar-refractivity contribution >= 4 is 22.1 Å². The Hall–Kier alpha value is -2.26. The van der Waals surface area contributed by atoms with Crippen LogP contribution in [0.25, 0.3) is 0 Å². The van der Waals surface area contributed by atoms with Crippen molar-refractivity contribution in [3.8, 4) is 6.07 Å². The molecular weight excluding hydrogens is 337 g/mol. The maximum Gasteiger partial charge on any atom is 0.289 e. The number of hydrogen-bond acceptors (Lipinski definition) is 3. The first-order chi connectivity index (χ1) is 9.93. The van der Waals surface area contributed by atoms with E-state index in [1.807, 2.05) is 6.07 Å². The fourth-order valence-corrected chi connectivity index (χ4v) is 2.27. The maximum atomic E-state index is 13.6. The fourth-order valence-electron chi connectivity index (χ4n) is 1.89. The Bertz CT molecular complexity index is 834. The highest BCUT2D eigenvalue weighted by Gasteiger charge is 2.09. The highest BCUT2D eigenvalue weighted by atomic mass is 79.9. The molecule has 0 aliphatic heterocycles. The van der Waals surface area contributed by atoms with E-state index >= 15 is 0 Å². The molecule has 1 heterocycles. The van der Waals surface area contributed by atoms with Crippen LogP contribution in [0.4, 0.5) is 4.39 Å². The normalized spacial score (nSPS) is 10.8. The first kappa shape index (κ1) is 15.1. The van der Waals surface area contributed by atoms with Gasteiger partial charge in [0.2, 0.25) is 0 Å². The molecular formula is C15H11BrFN3O. The molecule has 0 spiro atoms. The second kappa shape index (κ2) is 6.02. The molecule has 0 N–H and O–H groups in total. The molecule has 21 heavy (non-hydrogen) atoms. The van der Waals surface area contributed by atoms with Gasteiger partial charge < -0.3 is 0 Å². The molecule has 0 aliphatic rings. The average Bonchev–Trinajstić information content (AvgIpc) is 2.42. The minimum absolute atomic E-state index is 0.0347. The van der Waals surface area contributed by atoms with Crippen molar-refractivity contribution < 1.29 is 4.39 Å². The molecule has 1 aromatic carbocycles. The third-order valence-electron chi connectivity index (χ3n) is 2.94. The summed E-state index contributed by atoms with van der Waals surface area (Å²) in [6.45, 7) is 3.39. The van der Waals surface area contributed by atoms with Gasteiger partial charge in [-0.2, -0.15) is 10.4 Å². The van der Waals surface area contributed by atoms with E-state index in [0.717, 1.165) is 4.68 Å². The van der Waals surface area contributed by atoms with Gasteiger partial charge in [0.15, 0.2) is 0 Å². The molecule has 0 aliphatic carbocycles. The zero-order valence-corrected chi connectivity index (χ0v) is 13.0. The molecule has 106 valence electrons. The summed E-state index contributed by atoms with van der Waals surface area (Å²) in [4.78, 5) is 12.1. The van der Waals surface area contributed by atoms with Crippen LogP contribution in [-0.2, 0) is 0 Å². The van der Waals surface area contributed by atoms with Crippen LogP contribution in [0.1, 0.15) is 22.4 Å². The summed E-state index contributed by atoms with van der Waals surface area (Å²) in [5, 5.41) is 13.0. The van der Waals surface area contributed by atoms with Crippen molar-refractivity contribution in [2.75, 3.05) is 0 Å². The van der Waals surface area contributed by atoms with E-state index in [1.54, 1.807) is 32.0 Å². The van der Waals surface area contributed by atoms with Crippen LogP contribution in [0.2, 0.25) is 0 Å². The van der Waals surface area contributed by atoms with Gasteiger partial charge >= 0.3 is 0 Å². The van der Waals surface area contributed by atoms with E-state index in [9.17, 15) is 9.18 Å². The predicted octanol–water partition coefficient (Wildman–Crippen LogP) is 3.12. The molecule has 0 radical (unpaired) electrons. The number of aromatic nitrogens is 1. The quantitative estimate of drug-likeness (QED) is 0.783. The molecule has 0 saturated carbocycles. The van der Waals surface area contributed by atoms with Crippen molar-refractivity contribution in [3.05, 3.63) is 67.3 Å². The summed E-state index contributed by atoms with van der Waals surface area (Å²) in [7, 11) is 0. The van der Waals surface area contributed by atoms with Gasteiger partial charge in [-0.15, -0.1) is 0 Å². The lowest BCUT2D eigenvalue weighted by molar-refractivity contribution is 0.625. The van der Waals surface area contributed by atoms with Crippen molar-refractivity contribution in [1.29, 1.82) is 5.26 Å². The van der Waals surface area contributed by atoms with Crippen molar-refractivity contribution in [3.63, 3.8) is 0 Å². The van der Waals surface area contributed by atoms with Crippen LogP contribution in [0.15, 0.2) is 38.6 Å². The SMILES string of the molecule is Cc1cc(C)n(/N=C\c2cc(Br)ccc2F)c(=O)c1C#N. The number of benzene rings is 1. The number of aryl methyl sites for hydroxylation is 2. The lowest BCUT2D eigenvalue weighted by Crippen LogP contribution is -2.22. The van der Waals surface area contributed by atoms with Gasteiger partial charge in [-0.1, -0.05) is 15.9 Å². The van der Waals surface area contributed by atoms with E-state index < -0.39 is 11.4 Å². The smallest absolute Gasteiger partial charge is 0.266 e. The Labute approximate surface area is 129 Å². The number of halogens is 2. The molecule has 4 nitrogen and oxygen atoms in total. The molecule has 1 aromatic heterocycles. The van der Waals surface area contributed by atoms with Crippen LogP contribution in [0.3, 0.4) is 0 Å². The summed E-state index contributed by atoms with van der Waals surface area (Å²) in [5.41, 5.74) is 0.937. The maximum absolute atomic E-state index is 13.6. The summed E-state index contributed by atoms with van der Waals surface area (Å²) in [5.74, 6) is -0.444. The lowest BCUT2D eigenvalue weighted by atomic mass is 10.1. The highest BCUT2D eigenvalue weighted by molar-refractivity contribution is 9.10. The first-order valence-electron chi connectivity index (χ1n) is 6.07. The molecule has 0 bridgehead atoms. The van der Waals surface area contributed by atoms with Gasteiger partial charge in [-0.05, 0) is 43.7 Å². The Morgan fingerprint density at radius 2 is 2.10 bits per heavy atom. The van der Waals surface area contributed by atoms with Crippen LogP contribution < -0.4 is 5.56 Å². The number of pyridine rings is 1. The molecule has 0 atom stereocenters. The second-order valence-electron chi connectivity index (χ2n) is 4.48. The third-order valence-corrected chi connectivity index (χ3v) is 3.44. The van der Waals surface area contributed by atoms with Gasteiger partial charge in [0.05, 0.1) is 6.21 Å². The Balaban J connectivity index is 2.54. The second-order valence-corrected chi connectivity index (χ2v) is 5.40. The predicted molar refractivity (Wildman–Crippen MR) is 82.0 cm³/mol. The van der Waals surface area contributed by atoms with E-state index in [0.29, 0.717) is 15.7 Å². The first-order valence-corrected chi connectivity index (χ1v) is 6.86. The Kier molecular flexibility index (Phi) is 4.34. The summed E-state index contributed by atoms with van der Waals surface area (Å²) < 4.78 is 15.4. The topological polar surface area (TPSA) is 58.1 Å². The highest BCUT2D eigenvalue weighted by Crippen LogP contribution is 2.14. The van der Waals surface area contributed by atoms with Gasteiger partial charge in [-0.3, -0.25) is 4.79 Å². The zero-order valence-electron chi connectivity index (χ0n) is 11.4. The number of nitriles is 1. The average molecular weight is 348 g/mol. The molecule has 0 amide bonds. The summed E-state index contributed by atoms with van der Waals surface area (Å²) in [6.07, 6.45) is 1.25. The van der Waals surface area contributed by atoms with E-state index in [4.69, 9.17) is 5.26 Å². The zero-order chi connectivity index (χ0) is 15.6. The van der Waals surface area contributed by atoms with Crippen LogP contribution >= 0.6 is 15.9 Å².